The third-order valence-electron chi connectivity index (χ3n) is 1.95. The van der Waals surface area contributed by atoms with Crippen molar-refractivity contribution in [2.24, 2.45) is 5.73 Å². The van der Waals surface area contributed by atoms with E-state index < -0.39 is 9.84 Å². The molecular formula is C6H13NO2S. The quantitative estimate of drug-likeness (QED) is 0.619. The third kappa shape index (κ3) is 1.49. The lowest BCUT2D eigenvalue weighted by molar-refractivity contribution is 0.583. The fourth-order valence-corrected chi connectivity index (χ4v) is 3.29. The van der Waals surface area contributed by atoms with Gasteiger partial charge < -0.3 is 5.73 Å². The summed E-state index contributed by atoms with van der Waals surface area (Å²) in [5.41, 5.74) is 5.26. The van der Waals surface area contributed by atoms with Crippen molar-refractivity contribution < 1.29 is 8.42 Å². The summed E-state index contributed by atoms with van der Waals surface area (Å²) in [5, 5.41) is -0.127. The van der Waals surface area contributed by atoms with Gasteiger partial charge in [0.2, 0.25) is 0 Å². The molecule has 1 aliphatic heterocycles. The molecule has 0 aromatic heterocycles. The van der Waals surface area contributed by atoms with Crippen LogP contribution in [-0.4, -0.2) is 26.0 Å². The largest absolute Gasteiger partial charge is 0.330 e. The lowest BCUT2D eigenvalue weighted by atomic mass is 10.2. The molecule has 0 saturated carbocycles. The van der Waals surface area contributed by atoms with E-state index in [1.54, 1.807) is 0 Å². The maximum atomic E-state index is 11.1. The van der Waals surface area contributed by atoms with Gasteiger partial charge in [0.1, 0.15) is 0 Å². The Labute approximate surface area is 61.5 Å². The van der Waals surface area contributed by atoms with E-state index in [1.807, 2.05) is 0 Å². The summed E-state index contributed by atoms with van der Waals surface area (Å²) in [6.45, 7) is 0.490. The van der Waals surface area contributed by atoms with Gasteiger partial charge in [-0.25, -0.2) is 8.42 Å². The van der Waals surface area contributed by atoms with E-state index >= 15 is 0 Å². The fraction of sp³-hybridized carbons (Fsp3) is 1.00. The standard InChI is InChI=1S/C6H13NO2S/c7-4-3-6-2-1-5-10(6,8)9/h6H,1-5,7H2/t6-/m1/s1. The van der Waals surface area contributed by atoms with Crippen LogP contribution in [0.15, 0.2) is 0 Å². The number of nitrogens with two attached hydrogens (primary N) is 1. The molecule has 4 heteroatoms. The van der Waals surface area contributed by atoms with Crippen LogP contribution in [0.2, 0.25) is 0 Å². The lowest BCUT2D eigenvalue weighted by Crippen LogP contribution is -2.19. The summed E-state index contributed by atoms with van der Waals surface area (Å²) in [4.78, 5) is 0. The van der Waals surface area contributed by atoms with Crippen LogP contribution >= 0.6 is 0 Å². The Kier molecular flexibility index (Phi) is 2.31. The first kappa shape index (κ1) is 8.01. The maximum absolute atomic E-state index is 11.1. The predicted molar refractivity (Wildman–Crippen MR) is 40.5 cm³/mol. The number of rotatable bonds is 2. The van der Waals surface area contributed by atoms with Crippen LogP contribution in [-0.2, 0) is 9.84 Å². The Morgan fingerprint density at radius 2 is 2.20 bits per heavy atom. The fourth-order valence-electron chi connectivity index (χ4n) is 1.37. The lowest BCUT2D eigenvalue weighted by Gasteiger charge is -2.05. The molecule has 0 aliphatic carbocycles. The van der Waals surface area contributed by atoms with Gasteiger partial charge in [0.15, 0.2) is 9.84 Å². The van der Waals surface area contributed by atoms with Gasteiger partial charge in [-0.15, -0.1) is 0 Å². The van der Waals surface area contributed by atoms with Crippen molar-refractivity contribution in [3.8, 4) is 0 Å². The van der Waals surface area contributed by atoms with Crippen LogP contribution in [0, 0.1) is 0 Å². The predicted octanol–water partition coefficient (Wildman–Crippen LogP) is -0.0876. The highest BCUT2D eigenvalue weighted by molar-refractivity contribution is 7.92. The van der Waals surface area contributed by atoms with E-state index in [0.29, 0.717) is 18.7 Å². The van der Waals surface area contributed by atoms with Gasteiger partial charge in [0, 0.05) is 0 Å². The Morgan fingerprint density at radius 1 is 1.50 bits per heavy atom. The van der Waals surface area contributed by atoms with Gasteiger partial charge in [-0.05, 0) is 25.8 Å². The molecule has 0 aromatic carbocycles. The van der Waals surface area contributed by atoms with Crippen LogP contribution < -0.4 is 5.73 Å². The Bertz CT molecular complexity index is 198. The van der Waals surface area contributed by atoms with Crippen LogP contribution in [0.1, 0.15) is 19.3 Å². The first-order valence-corrected chi connectivity index (χ1v) is 5.30. The van der Waals surface area contributed by atoms with Crippen LogP contribution in [0.3, 0.4) is 0 Å². The molecule has 10 heavy (non-hydrogen) atoms. The minimum Gasteiger partial charge on any atom is -0.330 e. The summed E-state index contributed by atoms with van der Waals surface area (Å²) < 4.78 is 22.2. The van der Waals surface area contributed by atoms with Crippen LogP contribution in [0.25, 0.3) is 0 Å². The summed E-state index contributed by atoms with van der Waals surface area (Å²) in [5.74, 6) is 0.373. The van der Waals surface area contributed by atoms with Crippen molar-refractivity contribution >= 4 is 9.84 Å². The van der Waals surface area contributed by atoms with E-state index in [2.05, 4.69) is 0 Å². The molecule has 0 spiro atoms. The summed E-state index contributed by atoms with van der Waals surface area (Å²) in [6.07, 6.45) is 2.29. The zero-order valence-corrected chi connectivity index (χ0v) is 6.73. The van der Waals surface area contributed by atoms with Gasteiger partial charge in [0.05, 0.1) is 11.0 Å². The molecule has 1 saturated heterocycles. The molecular weight excluding hydrogens is 150 g/mol. The molecule has 0 unspecified atom stereocenters. The molecule has 2 N–H and O–H groups in total. The molecule has 3 nitrogen and oxygen atoms in total. The average molecular weight is 163 g/mol. The normalized spacial score (nSPS) is 30.7. The smallest absolute Gasteiger partial charge is 0.153 e. The van der Waals surface area contributed by atoms with E-state index in [1.165, 1.54) is 0 Å². The van der Waals surface area contributed by atoms with Gasteiger partial charge >= 0.3 is 0 Å². The van der Waals surface area contributed by atoms with Gasteiger partial charge in [-0.3, -0.25) is 0 Å². The monoisotopic (exact) mass is 163 g/mol. The number of hydrogen-bond acceptors (Lipinski definition) is 3. The second-order valence-corrected chi connectivity index (χ2v) is 5.11. The molecule has 1 fully saturated rings. The number of hydrogen-bond donors (Lipinski definition) is 1. The average Bonchev–Trinajstić information content (AvgIpc) is 2.13. The topological polar surface area (TPSA) is 60.2 Å². The van der Waals surface area contributed by atoms with E-state index in [9.17, 15) is 8.42 Å². The Hall–Kier alpha value is -0.0900. The molecule has 0 bridgehead atoms. The van der Waals surface area contributed by atoms with Crippen LogP contribution in [0.4, 0.5) is 0 Å². The van der Waals surface area contributed by atoms with Crippen molar-refractivity contribution in [2.75, 3.05) is 12.3 Å². The van der Waals surface area contributed by atoms with Crippen molar-refractivity contribution in [2.45, 2.75) is 24.5 Å². The molecule has 1 atom stereocenters. The second-order valence-electron chi connectivity index (χ2n) is 2.71. The van der Waals surface area contributed by atoms with Crippen LogP contribution in [0.5, 0.6) is 0 Å². The summed E-state index contributed by atoms with van der Waals surface area (Å²) >= 11 is 0. The van der Waals surface area contributed by atoms with Crippen molar-refractivity contribution in [3.63, 3.8) is 0 Å². The minimum absolute atomic E-state index is 0.127. The minimum atomic E-state index is -2.73. The van der Waals surface area contributed by atoms with E-state index in [4.69, 9.17) is 5.73 Å². The van der Waals surface area contributed by atoms with Crippen molar-refractivity contribution in [1.29, 1.82) is 0 Å². The Balaban J connectivity index is 2.60. The first-order valence-electron chi connectivity index (χ1n) is 3.58. The van der Waals surface area contributed by atoms with E-state index in [-0.39, 0.29) is 5.25 Å². The van der Waals surface area contributed by atoms with Crippen molar-refractivity contribution in [1.82, 2.24) is 0 Å². The van der Waals surface area contributed by atoms with E-state index in [0.717, 1.165) is 12.8 Å². The van der Waals surface area contributed by atoms with Gasteiger partial charge in [0.25, 0.3) is 0 Å². The zero-order valence-electron chi connectivity index (χ0n) is 5.91. The molecule has 0 amide bonds. The highest BCUT2D eigenvalue weighted by Crippen LogP contribution is 2.21. The number of sulfone groups is 1. The third-order valence-corrected chi connectivity index (χ3v) is 4.30. The SMILES string of the molecule is NCC[C@H]1CCCS1(=O)=O. The molecule has 60 valence electrons. The molecule has 1 rings (SSSR count). The maximum Gasteiger partial charge on any atom is 0.153 e. The molecule has 1 heterocycles. The van der Waals surface area contributed by atoms with Gasteiger partial charge in [-0.2, -0.15) is 0 Å². The molecule has 0 aromatic rings. The first-order chi connectivity index (χ1) is 4.67. The van der Waals surface area contributed by atoms with Gasteiger partial charge in [-0.1, -0.05) is 0 Å². The second kappa shape index (κ2) is 2.88. The van der Waals surface area contributed by atoms with Crippen molar-refractivity contribution in [3.05, 3.63) is 0 Å². The molecule has 1 aliphatic rings. The zero-order chi connectivity index (χ0) is 7.61. The highest BCUT2D eigenvalue weighted by Gasteiger charge is 2.29. The molecule has 0 radical (unpaired) electrons. The summed E-state index contributed by atoms with van der Waals surface area (Å²) in [7, 11) is -2.73. The Morgan fingerprint density at radius 3 is 2.60 bits per heavy atom. The summed E-state index contributed by atoms with van der Waals surface area (Å²) in [6, 6.07) is 0. The highest BCUT2D eigenvalue weighted by atomic mass is 32.2.